The van der Waals surface area contributed by atoms with Crippen LogP contribution in [0.4, 0.5) is 4.79 Å². The number of fused-ring (bicyclic) bond motifs is 3. The van der Waals surface area contributed by atoms with E-state index in [0.29, 0.717) is 53.4 Å². The number of hydrogen-bond donors (Lipinski definition) is 2. The summed E-state index contributed by atoms with van der Waals surface area (Å²) < 4.78 is 22.8. The molecule has 12 nitrogen and oxygen atoms in total. The third kappa shape index (κ3) is 7.97. The Balaban J connectivity index is 1.48. The van der Waals surface area contributed by atoms with Gasteiger partial charge in [0.05, 0.1) is 30.8 Å². The lowest BCUT2D eigenvalue weighted by molar-refractivity contribution is -0.148. The summed E-state index contributed by atoms with van der Waals surface area (Å²) in [5.74, 6) is -0.927. The zero-order valence-corrected chi connectivity index (χ0v) is 28.9. The van der Waals surface area contributed by atoms with Crippen molar-refractivity contribution in [3.63, 3.8) is 0 Å². The Hall–Kier alpha value is -4.06. The van der Waals surface area contributed by atoms with Gasteiger partial charge in [-0.1, -0.05) is 42.7 Å². The number of carbonyl (C=O) groups is 4. The predicted octanol–water partition coefficient (Wildman–Crippen LogP) is 5.10. The van der Waals surface area contributed by atoms with Crippen molar-refractivity contribution in [1.29, 1.82) is 0 Å². The highest BCUT2D eigenvalue weighted by Crippen LogP contribution is 2.46. The fraction of sp³-hybridized carbons (Fsp3) is 0.571. The summed E-state index contributed by atoms with van der Waals surface area (Å²) in [6.45, 7) is 7.50. The summed E-state index contributed by atoms with van der Waals surface area (Å²) in [6, 6.07) is 5.07. The Kier molecular flexibility index (Phi) is 10.7. The Morgan fingerprint density at radius 1 is 1.19 bits per heavy atom. The van der Waals surface area contributed by atoms with Gasteiger partial charge in [-0.3, -0.25) is 9.59 Å². The molecule has 0 bridgehead atoms. The van der Waals surface area contributed by atoms with Crippen molar-refractivity contribution in [3.8, 4) is 11.6 Å². The van der Waals surface area contributed by atoms with E-state index in [-0.39, 0.29) is 18.9 Å². The third-order valence-corrected chi connectivity index (χ3v) is 9.10. The number of hydrogen-bond acceptors (Lipinski definition) is 9. The first kappa shape index (κ1) is 35.3. The van der Waals surface area contributed by atoms with Gasteiger partial charge in [0.15, 0.2) is 0 Å². The zero-order valence-electron chi connectivity index (χ0n) is 28.2. The lowest BCUT2D eigenvalue weighted by Crippen LogP contribution is -2.56. The summed E-state index contributed by atoms with van der Waals surface area (Å²) in [5, 5.41) is 6.77. The van der Waals surface area contributed by atoms with Gasteiger partial charge in [0.2, 0.25) is 17.7 Å². The number of carbonyl (C=O) groups excluding carboxylic acids is 4. The number of ether oxygens (including phenoxy) is 4. The van der Waals surface area contributed by atoms with Crippen LogP contribution in [0.2, 0.25) is 5.02 Å². The van der Waals surface area contributed by atoms with Gasteiger partial charge in [-0.15, -0.1) is 0 Å². The Morgan fingerprint density at radius 3 is 2.71 bits per heavy atom. The summed E-state index contributed by atoms with van der Waals surface area (Å²) in [5.41, 5.74) is -1.49. The lowest BCUT2D eigenvalue weighted by atomic mass is 10.0. The van der Waals surface area contributed by atoms with Crippen molar-refractivity contribution in [2.24, 2.45) is 5.92 Å². The van der Waals surface area contributed by atoms with Crippen LogP contribution in [0.25, 0.3) is 10.9 Å². The molecule has 5 rings (SSSR count). The van der Waals surface area contributed by atoms with E-state index in [1.165, 1.54) is 12.0 Å². The number of amides is 3. The van der Waals surface area contributed by atoms with Crippen LogP contribution in [0.3, 0.4) is 0 Å². The fourth-order valence-electron chi connectivity index (χ4n) is 6.42. The second-order valence-electron chi connectivity index (χ2n) is 13.5. The zero-order chi connectivity index (χ0) is 34.6. The molecule has 13 heteroatoms. The third-order valence-electron chi connectivity index (χ3n) is 8.79. The molecule has 48 heavy (non-hydrogen) atoms. The minimum atomic E-state index is -1.21. The van der Waals surface area contributed by atoms with E-state index in [4.69, 9.17) is 30.5 Å². The smallest absolute Gasteiger partial charge is 0.408 e. The summed E-state index contributed by atoms with van der Waals surface area (Å²) in [4.78, 5) is 60.3. The minimum absolute atomic E-state index is 0.0479. The number of aromatic nitrogens is 1. The van der Waals surface area contributed by atoms with Crippen molar-refractivity contribution in [2.45, 2.75) is 102 Å². The molecule has 0 radical (unpaired) electrons. The van der Waals surface area contributed by atoms with Gasteiger partial charge in [0, 0.05) is 23.8 Å². The van der Waals surface area contributed by atoms with Crippen LogP contribution in [0.15, 0.2) is 36.4 Å². The van der Waals surface area contributed by atoms with Crippen molar-refractivity contribution >= 4 is 46.4 Å². The Morgan fingerprint density at radius 2 is 1.98 bits per heavy atom. The number of alkyl carbamates (subject to hydrolysis) is 1. The van der Waals surface area contributed by atoms with Crippen molar-refractivity contribution < 1.29 is 38.1 Å². The van der Waals surface area contributed by atoms with E-state index in [0.717, 1.165) is 19.3 Å². The van der Waals surface area contributed by atoms with Crippen molar-refractivity contribution in [2.75, 3.05) is 20.3 Å². The van der Waals surface area contributed by atoms with Crippen LogP contribution in [0, 0.1) is 5.92 Å². The monoisotopic (exact) mass is 684 g/mol. The number of pyridine rings is 1. The minimum Gasteiger partial charge on any atom is -0.488 e. The highest BCUT2D eigenvalue weighted by molar-refractivity contribution is 6.35. The van der Waals surface area contributed by atoms with Crippen LogP contribution >= 0.6 is 11.6 Å². The van der Waals surface area contributed by atoms with Gasteiger partial charge in [-0.2, -0.15) is 0 Å². The maximum atomic E-state index is 14.3. The second kappa shape index (κ2) is 14.6. The SMILES string of the molecule is CCOc1cc(O[C@@H]2C[C@H]3C(=O)N[C@]4(C(=O)OC)C[C@@H]4/C=C\CCCCC[C@H](NC(=O)OC(C)(C)C)C(=O)N3C2)c2cccc(Cl)c2n1. The quantitative estimate of drug-likeness (QED) is 0.314. The summed E-state index contributed by atoms with van der Waals surface area (Å²) >= 11 is 6.48. The second-order valence-corrected chi connectivity index (χ2v) is 13.9. The van der Waals surface area contributed by atoms with Crippen LogP contribution < -0.4 is 20.1 Å². The van der Waals surface area contributed by atoms with Gasteiger partial charge >= 0.3 is 12.1 Å². The molecule has 3 heterocycles. The molecule has 5 atom stereocenters. The molecule has 2 aromatic rings. The van der Waals surface area contributed by atoms with Gasteiger partial charge in [-0.05, 0) is 65.5 Å². The molecule has 3 amide bonds. The maximum absolute atomic E-state index is 14.3. The van der Waals surface area contributed by atoms with Gasteiger partial charge in [0.1, 0.15) is 35.1 Å². The predicted molar refractivity (Wildman–Crippen MR) is 179 cm³/mol. The van der Waals surface area contributed by atoms with Crippen LogP contribution in [0.1, 0.15) is 72.6 Å². The van der Waals surface area contributed by atoms with E-state index in [2.05, 4.69) is 15.6 Å². The van der Waals surface area contributed by atoms with Crippen molar-refractivity contribution in [1.82, 2.24) is 20.5 Å². The van der Waals surface area contributed by atoms with E-state index in [1.807, 2.05) is 25.1 Å². The molecule has 2 N–H and O–H groups in total. The number of benzene rings is 1. The van der Waals surface area contributed by atoms with Crippen LogP contribution in [-0.4, -0.2) is 83.3 Å². The number of nitrogens with zero attached hydrogens (tertiary/aromatic N) is 2. The molecule has 0 spiro atoms. The first-order valence-corrected chi connectivity index (χ1v) is 17.0. The molecule has 2 fully saturated rings. The molecule has 1 saturated carbocycles. The number of methoxy groups -OCH3 is 1. The first-order chi connectivity index (χ1) is 22.8. The largest absolute Gasteiger partial charge is 0.488 e. The highest BCUT2D eigenvalue weighted by Gasteiger charge is 2.62. The highest BCUT2D eigenvalue weighted by atomic mass is 35.5. The average molecular weight is 685 g/mol. The average Bonchev–Trinajstić information content (AvgIpc) is 3.55. The normalized spacial score (nSPS) is 27.0. The number of rotatable bonds is 6. The molecule has 1 aromatic carbocycles. The molecule has 1 aromatic heterocycles. The number of para-hydroxylation sites is 1. The van der Waals surface area contributed by atoms with Gasteiger partial charge in [0.25, 0.3) is 0 Å². The summed E-state index contributed by atoms with van der Waals surface area (Å²) in [7, 11) is 1.29. The topological polar surface area (TPSA) is 145 Å². The van der Waals surface area contributed by atoms with E-state index in [1.54, 1.807) is 39.0 Å². The molecule has 1 aliphatic carbocycles. The Bertz CT molecular complexity index is 1580. The molecule has 260 valence electrons. The van der Waals surface area contributed by atoms with Gasteiger partial charge in [-0.25, -0.2) is 14.6 Å². The molecule has 3 aliphatic rings. The number of halogens is 1. The number of esters is 1. The molecule has 2 aliphatic heterocycles. The Labute approximate surface area is 285 Å². The maximum Gasteiger partial charge on any atom is 0.408 e. The summed E-state index contributed by atoms with van der Waals surface area (Å²) in [6.07, 6.45) is 6.66. The molecular weight excluding hydrogens is 640 g/mol. The first-order valence-electron chi connectivity index (χ1n) is 16.6. The van der Waals surface area contributed by atoms with Crippen LogP contribution in [-0.2, 0) is 23.9 Å². The van der Waals surface area contributed by atoms with Gasteiger partial charge < -0.3 is 34.5 Å². The van der Waals surface area contributed by atoms with E-state index >= 15 is 0 Å². The molecular formula is C35H45ClN4O8. The standard InChI is InChI=1S/C35H45ClN4O8/c1-6-46-28-18-27(23-14-12-15-24(36)29(23)38-28)47-22-17-26-30(41)39-35(32(43)45-5)19-21(35)13-10-8-7-9-11-16-25(31(42)40(26)20-22)37-33(44)48-34(2,3)4/h10,12-15,18,21-22,25-26H,6-9,11,16-17,19-20H2,1-5H3,(H,37,44)(H,39,41)/b13-10-/t21-,22+,25-,26-,35+/m0/s1. The van der Waals surface area contributed by atoms with E-state index in [9.17, 15) is 19.2 Å². The number of allylic oxidation sites excluding steroid dienone is 1. The molecule has 0 unspecified atom stereocenters. The van der Waals surface area contributed by atoms with Crippen molar-refractivity contribution in [3.05, 3.63) is 41.4 Å². The molecule has 1 saturated heterocycles. The lowest BCUT2D eigenvalue weighted by Gasteiger charge is -2.30. The van der Waals surface area contributed by atoms with E-state index < -0.39 is 53.2 Å². The number of nitrogens with one attached hydrogen (secondary N) is 2. The fourth-order valence-corrected chi connectivity index (χ4v) is 6.64. The van der Waals surface area contributed by atoms with Crippen LogP contribution in [0.5, 0.6) is 11.6 Å².